The lowest BCUT2D eigenvalue weighted by Crippen LogP contribution is -2.14. The highest BCUT2D eigenvalue weighted by Crippen LogP contribution is 2.25. The molecule has 0 radical (unpaired) electrons. The number of rotatable bonds is 5. The Balaban J connectivity index is 1.80. The average molecular weight is 368 g/mol. The Labute approximate surface area is 154 Å². The predicted molar refractivity (Wildman–Crippen MR) is 102 cm³/mol. The van der Waals surface area contributed by atoms with E-state index in [4.69, 9.17) is 11.6 Å². The van der Waals surface area contributed by atoms with Gasteiger partial charge in [-0.05, 0) is 42.5 Å². The Bertz CT molecular complexity index is 961. The molecule has 0 atom stereocenters. The van der Waals surface area contributed by atoms with E-state index in [1.165, 1.54) is 12.1 Å². The summed E-state index contributed by atoms with van der Waals surface area (Å²) in [6.45, 7) is 0. The third-order valence-electron chi connectivity index (χ3n) is 3.58. The van der Waals surface area contributed by atoms with Crippen molar-refractivity contribution in [2.75, 3.05) is 10.6 Å². The van der Waals surface area contributed by atoms with Gasteiger partial charge >= 0.3 is 0 Å². The van der Waals surface area contributed by atoms with Gasteiger partial charge in [0.05, 0.1) is 4.92 Å². The number of halogens is 1. The molecule has 6 nitrogen and oxygen atoms in total. The summed E-state index contributed by atoms with van der Waals surface area (Å²) in [5, 5.41) is 17.2. The molecule has 0 saturated heterocycles. The van der Waals surface area contributed by atoms with Gasteiger partial charge < -0.3 is 10.6 Å². The highest BCUT2D eigenvalue weighted by atomic mass is 35.5. The zero-order valence-electron chi connectivity index (χ0n) is 13.5. The molecule has 7 heteroatoms. The summed E-state index contributed by atoms with van der Waals surface area (Å²) in [5.41, 5.74) is 1.80. The number of carbonyl (C=O) groups is 1. The number of para-hydroxylation sites is 1. The summed E-state index contributed by atoms with van der Waals surface area (Å²) in [7, 11) is 0. The van der Waals surface area contributed by atoms with Gasteiger partial charge in [0, 0.05) is 28.2 Å². The van der Waals surface area contributed by atoms with E-state index < -0.39 is 10.8 Å². The Kier molecular flexibility index (Phi) is 5.15. The molecule has 0 spiro atoms. The molecular formula is C19H14ClN3O3. The Morgan fingerprint density at radius 3 is 2.31 bits per heavy atom. The second kappa shape index (κ2) is 7.67. The van der Waals surface area contributed by atoms with Crippen LogP contribution >= 0.6 is 11.6 Å². The molecule has 3 aromatic rings. The van der Waals surface area contributed by atoms with Crippen LogP contribution in [0.15, 0.2) is 72.8 Å². The summed E-state index contributed by atoms with van der Waals surface area (Å²) >= 11 is 5.78. The first-order valence-corrected chi connectivity index (χ1v) is 8.08. The molecular weight excluding hydrogens is 354 g/mol. The molecule has 0 aliphatic rings. The number of nitro groups is 1. The largest absolute Gasteiger partial charge is 0.355 e. The highest BCUT2D eigenvalue weighted by Gasteiger charge is 2.20. The maximum atomic E-state index is 12.4. The molecule has 2 N–H and O–H groups in total. The lowest BCUT2D eigenvalue weighted by Gasteiger charge is -2.10. The van der Waals surface area contributed by atoms with Crippen molar-refractivity contribution in [2.45, 2.75) is 0 Å². The van der Waals surface area contributed by atoms with Crippen molar-refractivity contribution in [1.82, 2.24) is 0 Å². The van der Waals surface area contributed by atoms with Gasteiger partial charge in [0.2, 0.25) is 0 Å². The summed E-state index contributed by atoms with van der Waals surface area (Å²) in [4.78, 5) is 23.0. The molecule has 1 amide bonds. The van der Waals surface area contributed by atoms with Gasteiger partial charge in [0.25, 0.3) is 11.6 Å². The molecule has 26 heavy (non-hydrogen) atoms. The molecule has 0 aliphatic carbocycles. The van der Waals surface area contributed by atoms with E-state index in [-0.39, 0.29) is 16.3 Å². The fourth-order valence-electron chi connectivity index (χ4n) is 2.41. The lowest BCUT2D eigenvalue weighted by molar-refractivity contribution is -0.385. The highest BCUT2D eigenvalue weighted by molar-refractivity contribution is 6.31. The minimum absolute atomic E-state index is 0.0548. The molecule has 0 aliphatic heterocycles. The summed E-state index contributed by atoms with van der Waals surface area (Å²) in [6.07, 6.45) is 0. The fourth-order valence-corrected chi connectivity index (χ4v) is 2.58. The van der Waals surface area contributed by atoms with Gasteiger partial charge in [-0.2, -0.15) is 0 Å². The summed E-state index contributed by atoms with van der Waals surface area (Å²) in [5.74, 6) is -0.578. The van der Waals surface area contributed by atoms with Crippen LogP contribution < -0.4 is 10.6 Å². The Morgan fingerprint density at radius 1 is 0.885 bits per heavy atom. The van der Waals surface area contributed by atoms with Crippen molar-refractivity contribution >= 4 is 40.3 Å². The number of nitrogens with one attached hydrogen (secondary N) is 2. The monoisotopic (exact) mass is 367 g/mol. The second-order valence-corrected chi connectivity index (χ2v) is 5.88. The number of carbonyl (C=O) groups excluding carboxylic acids is 1. The third-order valence-corrected chi connectivity index (χ3v) is 3.82. The van der Waals surface area contributed by atoms with E-state index in [9.17, 15) is 14.9 Å². The van der Waals surface area contributed by atoms with Crippen LogP contribution in [0.25, 0.3) is 0 Å². The first-order valence-electron chi connectivity index (χ1n) is 7.70. The average Bonchev–Trinajstić information content (AvgIpc) is 2.62. The van der Waals surface area contributed by atoms with Gasteiger partial charge in [0.1, 0.15) is 5.56 Å². The number of nitro benzene ring substituents is 1. The minimum atomic E-state index is -0.631. The van der Waals surface area contributed by atoms with E-state index in [0.717, 1.165) is 17.4 Å². The van der Waals surface area contributed by atoms with Crippen molar-refractivity contribution in [3.8, 4) is 0 Å². The SMILES string of the molecule is O=C(Nc1cccc(Nc2ccccc2)c1)c1ccc(Cl)cc1[N+](=O)[O-]. The minimum Gasteiger partial charge on any atom is -0.355 e. The van der Waals surface area contributed by atoms with Crippen LogP contribution in [0.2, 0.25) is 5.02 Å². The van der Waals surface area contributed by atoms with Crippen LogP contribution in [-0.4, -0.2) is 10.8 Å². The second-order valence-electron chi connectivity index (χ2n) is 5.44. The molecule has 3 rings (SSSR count). The number of benzene rings is 3. The number of anilines is 3. The normalized spacial score (nSPS) is 10.2. The van der Waals surface area contributed by atoms with Gasteiger partial charge in [-0.25, -0.2) is 0 Å². The zero-order valence-corrected chi connectivity index (χ0v) is 14.2. The fraction of sp³-hybridized carbons (Fsp3) is 0. The molecule has 0 unspecified atom stereocenters. The smallest absolute Gasteiger partial charge is 0.283 e. The number of nitrogens with zero attached hydrogens (tertiary/aromatic N) is 1. The van der Waals surface area contributed by atoms with Crippen LogP contribution in [-0.2, 0) is 0 Å². The Hall–Kier alpha value is -3.38. The molecule has 130 valence electrons. The lowest BCUT2D eigenvalue weighted by atomic mass is 10.1. The van der Waals surface area contributed by atoms with E-state index in [0.29, 0.717) is 5.69 Å². The summed E-state index contributed by atoms with van der Waals surface area (Å²) in [6, 6.07) is 20.6. The van der Waals surface area contributed by atoms with Gasteiger partial charge in [-0.3, -0.25) is 14.9 Å². The van der Waals surface area contributed by atoms with Crippen LogP contribution in [0.4, 0.5) is 22.7 Å². The number of hydrogen-bond acceptors (Lipinski definition) is 4. The van der Waals surface area contributed by atoms with Crippen LogP contribution in [0, 0.1) is 10.1 Å². The van der Waals surface area contributed by atoms with Crippen molar-refractivity contribution in [3.63, 3.8) is 0 Å². The molecule has 0 bridgehead atoms. The van der Waals surface area contributed by atoms with Crippen molar-refractivity contribution in [1.29, 1.82) is 0 Å². The first-order chi connectivity index (χ1) is 12.5. The van der Waals surface area contributed by atoms with E-state index in [2.05, 4.69) is 10.6 Å². The molecule has 3 aromatic carbocycles. The van der Waals surface area contributed by atoms with Crippen LogP contribution in [0.5, 0.6) is 0 Å². The molecule has 0 fully saturated rings. The third kappa shape index (κ3) is 4.17. The number of amides is 1. The standard InChI is InChI=1S/C19H14ClN3O3/c20-13-9-10-17(18(11-13)23(25)26)19(24)22-16-8-4-7-15(12-16)21-14-5-2-1-3-6-14/h1-12,21H,(H,22,24). The predicted octanol–water partition coefficient (Wildman–Crippen LogP) is 5.24. The quantitative estimate of drug-likeness (QED) is 0.476. The number of hydrogen-bond donors (Lipinski definition) is 2. The van der Waals surface area contributed by atoms with Gasteiger partial charge in [-0.15, -0.1) is 0 Å². The summed E-state index contributed by atoms with van der Waals surface area (Å²) < 4.78 is 0. The van der Waals surface area contributed by atoms with Gasteiger partial charge in [0.15, 0.2) is 0 Å². The topological polar surface area (TPSA) is 84.3 Å². The maximum absolute atomic E-state index is 12.4. The van der Waals surface area contributed by atoms with Crippen LogP contribution in [0.1, 0.15) is 10.4 Å². The van der Waals surface area contributed by atoms with Crippen molar-refractivity contribution < 1.29 is 9.72 Å². The van der Waals surface area contributed by atoms with E-state index in [1.54, 1.807) is 18.2 Å². The first kappa shape index (κ1) is 17.4. The molecule has 0 aromatic heterocycles. The van der Waals surface area contributed by atoms with Crippen molar-refractivity contribution in [3.05, 3.63) is 93.5 Å². The molecule has 0 heterocycles. The van der Waals surface area contributed by atoms with Crippen LogP contribution in [0.3, 0.4) is 0 Å². The maximum Gasteiger partial charge on any atom is 0.283 e. The zero-order chi connectivity index (χ0) is 18.5. The van der Waals surface area contributed by atoms with Crippen molar-refractivity contribution in [2.24, 2.45) is 0 Å². The van der Waals surface area contributed by atoms with E-state index in [1.807, 2.05) is 36.4 Å². The van der Waals surface area contributed by atoms with Gasteiger partial charge in [-0.1, -0.05) is 35.9 Å². The van der Waals surface area contributed by atoms with E-state index >= 15 is 0 Å². The molecule has 0 saturated carbocycles. The Morgan fingerprint density at radius 2 is 1.58 bits per heavy atom.